The molecule has 2 nitrogen and oxygen atoms in total. The summed E-state index contributed by atoms with van der Waals surface area (Å²) in [5.41, 5.74) is 1.99. The van der Waals surface area contributed by atoms with Crippen molar-refractivity contribution >= 4 is 34.6 Å². The minimum Gasteiger partial charge on any atom is -0.299 e. The molecule has 0 spiro atoms. The standard InChI is InChI=1S/C10H9NOS2/c1-5-7(11)10-6(3-4-14-10)8(12)9(5)13-2/h3-4,11H,1-2H3. The molecule has 1 aromatic rings. The molecule has 0 saturated heterocycles. The van der Waals surface area contributed by atoms with Gasteiger partial charge in [0, 0.05) is 5.56 Å². The first-order valence-electron chi connectivity index (χ1n) is 4.13. The third-order valence-electron chi connectivity index (χ3n) is 2.26. The number of thiophene rings is 1. The van der Waals surface area contributed by atoms with Gasteiger partial charge in [-0.05, 0) is 30.2 Å². The molecule has 0 atom stereocenters. The summed E-state index contributed by atoms with van der Waals surface area (Å²) in [6, 6.07) is 1.81. The second-order valence-electron chi connectivity index (χ2n) is 3.03. The average molecular weight is 223 g/mol. The Balaban J connectivity index is 2.66. The molecule has 0 amide bonds. The third kappa shape index (κ3) is 1.18. The summed E-state index contributed by atoms with van der Waals surface area (Å²) in [5, 5.41) is 9.77. The van der Waals surface area contributed by atoms with E-state index in [2.05, 4.69) is 0 Å². The molecular formula is C10H9NOS2. The van der Waals surface area contributed by atoms with Crippen LogP contribution in [0, 0.1) is 5.41 Å². The van der Waals surface area contributed by atoms with E-state index in [1.54, 1.807) is 6.07 Å². The van der Waals surface area contributed by atoms with Crippen molar-refractivity contribution in [1.82, 2.24) is 0 Å². The normalized spacial score (nSPS) is 16.1. The summed E-state index contributed by atoms with van der Waals surface area (Å²) in [7, 11) is 0. The first-order valence-corrected chi connectivity index (χ1v) is 6.23. The number of rotatable bonds is 1. The van der Waals surface area contributed by atoms with Crippen molar-refractivity contribution in [3.63, 3.8) is 0 Å². The Morgan fingerprint density at radius 1 is 1.50 bits per heavy atom. The third-order valence-corrected chi connectivity index (χ3v) is 4.09. The fourth-order valence-electron chi connectivity index (χ4n) is 1.50. The van der Waals surface area contributed by atoms with Gasteiger partial charge in [-0.15, -0.1) is 23.1 Å². The molecule has 0 unspecified atom stereocenters. The Bertz CT molecular complexity index is 456. The molecule has 2 rings (SSSR count). The Morgan fingerprint density at radius 2 is 2.21 bits per heavy atom. The van der Waals surface area contributed by atoms with Gasteiger partial charge in [-0.25, -0.2) is 0 Å². The Hall–Kier alpha value is -0.870. The van der Waals surface area contributed by atoms with E-state index in [4.69, 9.17) is 5.41 Å². The predicted octanol–water partition coefficient (Wildman–Crippen LogP) is 2.95. The quantitative estimate of drug-likeness (QED) is 0.795. The van der Waals surface area contributed by atoms with Gasteiger partial charge >= 0.3 is 0 Å². The van der Waals surface area contributed by atoms with Gasteiger partial charge in [-0.1, -0.05) is 0 Å². The first-order chi connectivity index (χ1) is 6.66. The summed E-state index contributed by atoms with van der Waals surface area (Å²) in [5.74, 6) is 0.0715. The highest BCUT2D eigenvalue weighted by Gasteiger charge is 2.27. The molecule has 0 aliphatic heterocycles. The first kappa shape index (κ1) is 9.68. The smallest absolute Gasteiger partial charge is 0.201 e. The summed E-state index contributed by atoms with van der Waals surface area (Å²) in [4.78, 5) is 13.4. The van der Waals surface area contributed by atoms with Crippen LogP contribution in [0.15, 0.2) is 21.9 Å². The lowest BCUT2D eigenvalue weighted by Crippen LogP contribution is -2.16. The number of thioether (sulfide) groups is 1. The van der Waals surface area contributed by atoms with E-state index in [1.807, 2.05) is 18.6 Å². The lowest BCUT2D eigenvalue weighted by atomic mass is 9.97. The molecule has 72 valence electrons. The fraction of sp³-hybridized carbons (Fsp3) is 0.200. The van der Waals surface area contributed by atoms with Gasteiger partial charge in [-0.3, -0.25) is 10.2 Å². The molecule has 0 aromatic carbocycles. The molecule has 0 saturated carbocycles. The van der Waals surface area contributed by atoms with Crippen LogP contribution in [0.1, 0.15) is 22.2 Å². The van der Waals surface area contributed by atoms with E-state index in [0.29, 0.717) is 16.2 Å². The van der Waals surface area contributed by atoms with Crippen LogP contribution in [0.25, 0.3) is 0 Å². The van der Waals surface area contributed by atoms with E-state index < -0.39 is 0 Å². The maximum atomic E-state index is 11.9. The summed E-state index contributed by atoms with van der Waals surface area (Å²) in [6.45, 7) is 1.84. The topological polar surface area (TPSA) is 40.9 Å². The van der Waals surface area contributed by atoms with Crippen molar-refractivity contribution in [3.05, 3.63) is 32.4 Å². The van der Waals surface area contributed by atoms with Crippen molar-refractivity contribution in [3.8, 4) is 0 Å². The highest BCUT2D eigenvalue weighted by molar-refractivity contribution is 8.03. The number of allylic oxidation sites excluding steroid dienone is 2. The van der Waals surface area contributed by atoms with Gasteiger partial charge in [-0.2, -0.15) is 0 Å². The number of ketones is 1. The van der Waals surface area contributed by atoms with Crippen LogP contribution in [-0.2, 0) is 0 Å². The maximum absolute atomic E-state index is 11.9. The van der Waals surface area contributed by atoms with Crippen LogP contribution < -0.4 is 0 Å². The Kier molecular flexibility index (Phi) is 2.33. The van der Waals surface area contributed by atoms with Crippen LogP contribution in [-0.4, -0.2) is 17.8 Å². The Morgan fingerprint density at radius 3 is 2.86 bits per heavy atom. The van der Waals surface area contributed by atoms with Crippen LogP contribution in [0.5, 0.6) is 0 Å². The molecule has 1 N–H and O–H groups in total. The number of carbonyl (C=O) groups excluding carboxylic acids is 1. The van der Waals surface area contributed by atoms with Gasteiger partial charge in [0.1, 0.15) is 0 Å². The molecule has 1 aliphatic carbocycles. The molecular weight excluding hydrogens is 214 g/mol. The molecule has 0 fully saturated rings. The van der Waals surface area contributed by atoms with E-state index in [1.165, 1.54) is 23.1 Å². The number of hydrogen-bond donors (Lipinski definition) is 1. The summed E-state index contributed by atoms with van der Waals surface area (Å²) in [6.07, 6.45) is 1.88. The van der Waals surface area contributed by atoms with Crippen molar-refractivity contribution in [2.24, 2.45) is 0 Å². The second-order valence-corrected chi connectivity index (χ2v) is 4.76. The molecule has 1 aliphatic rings. The van der Waals surface area contributed by atoms with Gasteiger partial charge in [0.25, 0.3) is 0 Å². The summed E-state index contributed by atoms with van der Waals surface area (Å²) < 4.78 is 0. The number of Topliss-reactive ketones (excluding diaryl/α,β-unsaturated/α-hetero) is 1. The number of carbonyl (C=O) groups is 1. The van der Waals surface area contributed by atoms with Crippen LogP contribution in [0.4, 0.5) is 0 Å². The SMILES string of the molecule is CSC1=C(C)C(=N)c2sccc2C1=O. The van der Waals surface area contributed by atoms with Gasteiger partial charge in [0.2, 0.25) is 5.78 Å². The average Bonchev–Trinajstić information content (AvgIpc) is 2.64. The molecule has 14 heavy (non-hydrogen) atoms. The van der Waals surface area contributed by atoms with E-state index in [0.717, 1.165) is 10.5 Å². The molecule has 1 aromatic heterocycles. The molecule has 0 radical (unpaired) electrons. The zero-order chi connectivity index (χ0) is 10.3. The maximum Gasteiger partial charge on any atom is 0.201 e. The van der Waals surface area contributed by atoms with Crippen LogP contribution in [0.3, 0.4) is 0 Å². The molecule has 1 heterocycles. The van der Waals surface area contributed by atoms with Crippen LogP contribution >= 0.6 is 23.1 Å². The minimum atomic E-state index is 0.0715. The van der Waals surface area contributed by atoms with E-state index in [9.17, 15) is 4.79 Å². The monoisotopic (exact) mass is 223 g/mol. The second kappa shape index (κ2) is 3.37. The van der Waals surface area contributed by atoms with Crippen molar-refractivity contribution < 1.29 is 4.79 Å². The fourth-order valence-corrected chi connectivity index (χ4v) is 3.11. The van der Waals surface area contributed by atoms with Crippen LogP contribution in [0.2, 0.25) is 0 Å². The van der Waals surface area contributed by atoms with Gasteiger partial charge in [0.15, 0.2) is 0 Å². The zero-order valence-corrected chi connectivity index (χ0v) is 9.51. The van der Waals surface area contributed by atoms with Crippen molar-refractivity contribution in [2.45, 2.75) is 6.92 Å². The highest BCUT2D eigenvalue weighted by Crippen LogP contribution is 2.33. The summed E-state index contributed by atoms with van der Waals surface area (Å²) >= 11 is 2.89. The zero-order valence-electron chi connectivity index (χ0n) is 7.88. The van der Waals surface area contributed by atoms with Crippen molar-refractivity contribution in [2.75, 3.05) is 6.26 Å². The Labute approximate surface area is 90.5 Å². The van der Waals surface area contributed by atoms with Gasteiger partial charge < -0.3 is 0 Å². The lowest BCUT2D eigenvalue weighted by molar-refractivity contribution is 0.104. The lowest BCUT2D eigenvalue weighted by Gasteiger charge is -2.15. The number of hydrogen-bond acceptors (Lipinski definition) is 4. The molecule has 4 heteroatoms. The minimum absolute atomic E-state index is 0.0715. The predicted molar refractivity (Wildman–Crippen MR) is 61.7 cm³/mol. The van der Waals surface area contributed by atoms with E-state index in [-0.39, 0.29) is 5.78 Å². The number of nitrogens with one attached hydrogen (secondary N) is 1. The van der Waals surface area contributed by atoms with E-state index >= 15 is 0 Å². The van der Waals surface area contributed by atoms with Crippen molar-refractivity contribution in [1.29, 1.82) is 5.41 Å². The van der Waals surface area contributed by atoms with Gasteiger partial charge in [0.05, 0.1) is 15.5 Å². The molecule has 0 bridgehead atoms. The highest BCUT2D eigenvalue weighted by atomic mass is 32.2. The largest absolute Gasteiger partial charge is 0.299 e. The number of fused-ring (bicyclic) bond motifs is 1.